The van der Waals surface area contributed by atoms with Crippen molar-refractivity contribution >= 4 is 17.5 Å². The average molecular weight is 395 g/mol. The Balaban J connectivity index is 1.53. The molecule has 28 heavy (non-hydrogen) atoms. The minimum absolute atomic E-state index is 0.0986. The van der Waals surface area contributed by atoms with Crippen LogP contribution in [-0.4, -0.2) is 22.2 Å². The number of hydrogen-bond donors (Lipinski definition) is 2. The van der Waals surface area contributed by atoms with Crippen LogP contribution in [0.25, 0.3) is 11.3 Å². The Kier molecular flexibility index (Phi) is 5.20. The van der Waals surface area contributed by atoms with Gasteiger partial charge in [-0.15, -0.1) is 0 Å². The second-order valence-electron chi connectivity index (χ2n) is 7.37. The predicted octanol–water partition coefficient (Wildman–Crippen LogP) is 4.36. The summed E-state index contributed by atoms with van der Waals surface area (Å²) < 4.78 is 1.78. The number of fused-ring (bicyclic) bond motifs is 1. The number of nitrogens with one attached hydrogen (secondary N) is 2. The molecular weight excluding hydrogens is 372 g/mol. The molecule has 0 unspecified atom stereocenters. The van der Waals surface area contributed by atoms with Crippen LogP contribution in [0.2, 0.25) is 5.02 Å². The summed E-state index contributed by atoms with van der Waals surface area (Å²) in [4.78, 5) is 12.3. The molecule has 144 valence electrons. The first kappa shape index (κ1) is 18.7. The topological polar surface area (TPSA) is 58.9 Å². The third-order valence-corrected chi connectivity index (χ3v) is 5.30. The largest absolute Gasteiger partial charge is 0.347 e. The van der Waals surface area contributed by atoms with Gasteiger partial charge in [-0.3, -0.25) is 10.1 Å². The Bertz CT molecular complexity index is 977. The van der Waals surface area contributed by atoms with Gasteiger partial charge in [-0.1, -0.05) is 61.8 Å². The van der Waals surface area contributed by atoms with Gasteiger partial charge >= 0.3 is 0 Å². The van der Waals surface area contributed by atoms with Crippen molar-refractivity contribution in [3.05, 3.63) is 76.4 Å². The van der Waals surface area contributed by atoms with E-state index in [1.54, 1.807) is 4.68 Å². The maximum atomic E-state index is 12.3. The van der Waals surface area contributed by atoms with E-state index in [0.717, 1.165) is 11.3 Å². The molecule has 0 fully saturated rings. The molecule has 0 saturated heterocycles. The van der Waals surface area contributed by atoms with Crippen LogP contribution < -0.4 is 10.6 Å². The Morgan fingerprint density at radius 1 is 1.18 bits per heavy atom. The standard InChI is InChI=1S/C22H23ClN4O/c1-14(2)16-5-3-15(4-6-16)12-24-21-13-25-22(28)20-11-19(26-27(20)21)17-7-9-18(23)10-8-17/h3-11,14,21,24H,12-13H2,1-2H3,(H,25,28)/t21-/m1/s1. The molecule has 5 nitrogen and oxygen atoms in total. The van der Waals surface area contributed by atoms with Crippen LogP contribution >= 0.6 is 11.6 Å². The second-order valence-corrected chi connectivity index (χ2v) is 7.81. The summed E-state index contributed by atoms with van der Waals surface area (Å²) in [7, 11) is 0. The van der Waals surface area contributed by atoms with Gasteiger partial charge in [0.05, 0.1) is 12.2 Å². The fourth-order valence-electron chi connectivity index (χ4n) is 3.34. The smallest absolute Gasteiger partial charge is 0.269 e. The Morgan fingerprint density at radius 2 is 1.89 bits per heavy atom. The third kappa shape index (κ3) is 3.81. The summed E-state index contributed by atoms with van der Waals surface area (Å²) in [5.41, 5.74) is 4.78. The zero-order valence-electron chi connectivity index (χ0n) is 15.9. The van der Waals surface area contributed by atoms with E-state index in [9.17, 15) is 4.79 Å². The van der Waals surface area contributed by atoms with Gasteiger partial charge in [0.15, 0.2) is 0 Å². The summed E-state index contributed by atoms with van der Waals surface area (Å²) in [6.45, 7) is 5.58. The monoisotopic (exact) mass is 394 g/mol. The van der Waals surface area contributed by atoms with Crippen LogP contribution in [0, 0.1) is 0 Å². The van der Waals surface area contributed by atoms with Gasteiger partial charge < -0.3 is 5.32 Å². The van der Waals surface area contributed by atoms with Crippen molar-refractivity contribution in [2.45, 2.75) is 32.5 Å². The van der Waals surface area contributed by atoms with E-state index >= 15 is 0 Å². The fourth-order valence-corrected chi connectivity index (χ4v) is 3.47. The van der Waals surface area contributed by atoms with E-state index < -0.39 is 0 Å². The quantitative estimate of drug-likeness (QED) is 0.676. The van der Waals surface area contributed by atoms with Crippen molar-refractivity contribution in [3.63, 3.8) is 0 Å². The first-order chi connectivity index (χ1) is 13.5. The average Bonchev–Trinajstić information content (AvgIpc) is 3.15. The molecule has 2 aromatic carbocycles. The molecule has 1 aromatic heterocycles. The van der Waals surface area contributed by atoms with E-state index in [2.05, 4.69) is 53.8 Å². The molecule has 3 aromatic rings. The molecule has 2 N–H and O–H groups in total. The molecule has 0 aliphatic carbocycles. The van der Waals surface area contributed by atoms with E-state index in [-0.39, 0.29) is 12.1 Å². The number of carbonyl (C=O) groups excluding carboxylic acids is 1. The molecule has 0 spiro atoms. The van der Waals surface area contributed by atoms with Crippen LogP contribution in [0.15, 0.2) is 54.6 Å². The van der Waals surface area contributed by atoms with Crippen LogP contribution in [0.4, 0.5) is 0 Å². The number of nitrogens with zero attached hydrogens (tertiary/aromatic N) is 2. The highest BCUT2D eigenvalue weighted by atomic mass is 35.5. The fraction of sp³-hybridized carbons (Fsp3) is 0.273. The molecule has 1 amide bonds. The van der Waals surface area contributed by atoms with Crippen molar-refractivity contribution in [2.75, 3.05) is 6.54 Å². The van der Waals surface area contributed by atoms with Crippen LogP contribution in [0.5, 0.6) is 0 Å². The van der Waals surface area contributed by atoms with Crippen molar-refractivity contribution in [1.82, 2.24) is 20.4 Å². The minimum atomic E-state index is -0.105. The van der Waals surface area contributed by atoms with Crippen LogP contribution in [-0.2, 0) is 6.54 Å². The SMILES string of the molecule is CC(C)c1ccc(CN[C@H]2CNC(=O)c3cc(-c4ccc(Cl)cc4)nn32)cc1. The predicted molar refractivity (Wildman–Crippen MR) is 111 cm³/mol. The lowest BCUT2D eigenvalue weighted by Crippen LogP contribution is -2.45. The van der Waals surface area contributed by atoms with Gasteiger partial charge in [0.1, 0.15) is 11.9 Å². The molecule has 6 heteroatoms. The number of aromatic nitrogens is 2. The number of hydrogen-bond acceptors (Lipinski definition) is 3. The number of halogens is 1. The van der Waals surface area contributed by atoms with Gasteiger partial charge in [-0.05, 0) is 35.2 Å². The van der Waals surface area contributed by atoms with E-state index in [1.165, 1.54) is 11.1 Å². The molecule has 1 atom stereocenters. The first-order valence-corrected chi connectivity index (χ1v) is 9.85. The van der Waals surface area contributed by atoms with Crippen molar-refractivity contribution in [3.8, 4) is 11.3 Å². The molecule has 4 rings (SSSR count). The zero-order valence-corrected chi connectivity index (χ0v) is 16.7. The lowest BCUT2D eigenvalue weighted by molar-refractivity contribution is 0.0900. The summed E-state index contributed by atoms with van der Waals surface area (Å²) in [5, 5.41) is 11.8. The normalized spacial score (nSPS) is 16.1. The highest BCUT2D eigenvalue weighted by molar-refractivity contribution is 6.30. The molecule has 0 radical (unpaired) electrons. The number of carbonyl (C=O) groups is 1. The van der Waals surface area contributed by atoms with E-state index in [4.69, 9.17) is 11.6 Å². The summed E-state index contributed by atoms with van der Waals surface area (Å²) >= 11 is 5.97. The third-order valence-electron chi connectivity index (χ3n) is 5.05. The first-order valence-electron chi connectivity index (χ1n) is 9.47. The van der Waals surface area contributed by atoms with Gasteiger partial charge in [-0.2, -0.15) is 5.10 Å². The molecular formula is C22H23ClN4O. The van der Waals surface area contributed by atoms with Gasteiger partial charge in [0, 0.05) is 17.1 Å². The Morgan fingerprint density at radius 3 is 2.57 bits per heavy atom. The molecule has 1 aliphatic rings. The number of rotatable bonds is 5. The van der Waals surface area contributed by atoms with E-state index in [1.807, 2.05) is 30.3 Å². The maximum absolute atomic E-state index is 12.3. The lowest BCUT2D eigenvalue weighted by atomic mass is 10.0. The minimum Gasteiger partial charge on any atom is -0.347 e. The number of benzene rings is 2. The van der Waals surface area contributed by atoms with Crippen molar-refractivity contribution < 1.29 is 4.79 Å². The summed E-state index contributed by atoms with van der Waals surface area (Å²) in [5.74, 6) is 0.417. The van der Waals surface area contributed by atoms with Crippen LogP contribution in [0.3, 0.4) is 0 Å². The van der Waals surface area contributed by atoms with Gasteiger partial charge in [0.25, 0.3) is 5.91 Å². The lowest BCUT2D eigenvalue weighted by Gasteiger charge is -2.26. The molecule has 0 saturated carbocycles. The molecule has 1 aliphatic heterocycles. The van der Waals surface area contributed by atoms with Crippen molar-refractivity contribution in [2.24, 2.45) is 0 Å². The molecule has 0 bridgehead atoms. The van der Waals surface area contributed by atoms with Gasteiger partial charge in [0.2, 0.25) is 0 Å². The van der Waals surface area contributed by atoms with Crippen molar-refractivity contribution in [1.29, 1.82) is 0 Å². The van der Waals surface area contributed by atoms with Crippen LogP contribution in [0.1, 0.15) is 47.5 Å². The Hall–Kier alpha value is -2.63. The number of amides is 1. The zero-order chi connectivity index (χ0) is 19.7. The second kappa shape index (κ2) is 7.78. The van der Waals surface area contributed by atoms with Gasteiger partial charge in [-0.25, -0.2) is 4.68 Å². The summed E-state index contributed by atoms with van der Waals surface area (Å²) in [6.07, 6.45) is -0.0986. The molecule has 2 heterocycles. The highest BCUT2D eigenvalue weighted by Crippen LogP contribution is 2.24. The maximum Gasteiger partial charge on any atom is 0.269 e. The summed E-state index contributed by atoms with van der Waals surface area (Å²) in [6, 6.07) is 17.9. The van der Waals surface area contributed by atoms with E-state index in [0.29, 0.717) is 29.7 Å². The highest BCUT2D eigenvalue weighted by Gasteiger charge is 2.27. The Labute approximate surface area is 169 Å².